The summed E-state index contributed by atoms with van der Waals surface area (Å²) in [5.41, 5.74) is 2.77. The molecule has 0 atom stereocenters. The molecule has 0 radical (unpaired) electrons. The number of rotatable bonds is 6. The molecular formula is C23H19FO3. The van der Waals surface area contributed by atoms with Crippen molar-refractivity contribution in [3.63, 3.8) is 0 Å². The Kier molecular flexibility index (Phi) is 5.67. The maximum Gasteiger partial charge on any atom is 0.189 e. The number of carbonyl (C=O) groups excluding carboxylic acids is 1. The van der Waals surface area contributed by atoms with Crippen molar-refractivity contribution in [3.05, 3.63) is 89.8 Å². The number of allylic oxidation sites excluding steroid dienone is 1. The van der Waals surface area contributed by atoms with E-state index in [4.69, 9.17) is 9.47 Å². The maximum atomic E-state index is 13.3. The molecule has 0 amide bonds. The molecule has 3 nitrogen and oxygen atoms in total. The number of ether oxygens (including phenoxy) is 2. The largest absolute Gasteiger partial charge is 0.496 e. The molecule has 0 saturated heterocycles. The summed E-state index contributed by atoms with van der Waals surface area (Å²) < 4.78 is 24.1. The van der Waals surface area contributed by atoms with Gasteiger partial charge in [0.15, 0.2) is 5.78 Å². The number of methoxy groups -OCH3 is 2. The monoisotopic (exact) mass is 362 g/mol. The topological polar surface area (TPSA) is 35.5 Å². The number of ketones is 1. The Balaban J connectivity index is 2.03. The van der Waals surface area contributed by atoms with Gasteiger partial charge in [-0.1, -0.05) is 48.5 Å². The van der Waals surface area contributed by atoms with Crippen molar-refractivity contribution in [3.8, 4) is 22.6 Å². The van der Waals surface area contributed by atoms with Crippen molar-refractivity contribution in [2.24, 2.45) is 0 Å². The Bertz CT molecular complexity index is 961. The first-order valence-electron chi connectivity index (χ1n) is 8.42. The lowest BCUT2D eigenvalue weighted by Crippen LogP contribution is -2.01. The highest BCUT2D eigenvalue weighted by molar-refractivity contribution is 6.09. The molecule has 136 valence electrons. The van der Waals surface area contributed by atoms with Gasteiger partial charge >= 0.3 is 0 Å². The van der Waals surface area contributed by atoms with E-state index in [1.807, 2.05) is 30.3 Å². The van der Waals surface area contributed by atoms with Crippen molar-refractivity contribution in [2.75, 3.05) is 14.2 Å². The van der Waals surface area contributed by atoms with Gasteiger partial charge in [-0.25, -0.2) is 4.39 Å². The molecule has 3 aromatic carbocycles. The maximum absolute atomic E-state index is 13.3. The van der Waals surface area contributed by atoms with Gasteiger partial charge in [0.05, 0.1) is 19.8 Å². The lowest BCUT2D eigenvalue weighted by atomic mass is 9.98. The second-order valence-corrected chi connectivity index (χ2v) is 5.87. The smallest absolute Gasteiger partial charge is 0.189 e. The fourth-order valence-corrected chi connectivity index (χ4v) is 2.77. The van der Waals surface area contributed by atoms with Crippen LogP contribution in [0.2, 0.25) is 0 Å². The van der Waals surface area contributed by atoms with Crippen molar-refractivity contribution < 1.29 is 18.7 Å². The van der Waals surface area contributed by atoms with Gasteiger partial charge in [0.1, 0.15) is 17.3 Å². The Morgan fingerprint density at radius 2 is 1.56 bits per heavy atom. The number of hydrogen-bond acceptors (Lipinski definition) is 3. The summed E-state index contributed by atoms with van der Waals surface area (Å²) in [6.07, 6.45) is 3.26. The zero-order chi connectivity index (χ0) is 19.2. The summed E-state index contributed by atoms with van der Waals surface area (Å²) in [6, 6.07) is 19.0. The van der Waals surface area contributed by atoms with E-state index in [0.717, 1.165) is 11.1 Å². The summed E-state index contributed by atoms with van der Waals surface area (Å²) in [5.74, 6) is 0.442. The molecule has 0 aliphatic rings. The summed E-state index contributed by atoms with van der Waals surface area (Å²) in [7, 11) is 3.04. The number of hydrogen-bond donors (Lipinski definition) is 0. The van der Waals surface area contributed by atoms with Crippen molar-refractivity contribution in [1.29, 1.82) is 0 Å². The molecule has 0 aromatic heterocycles. The van der Waals surface area contributed by atoms with E-state index >= 15 is 0 Å². The Labute approximate surface area is 157 Å². The van der Waals surface area contributed by atoms with Crippen LogP contribution in [-0.2, 0) is 0 Å². The van der Waals surface area contributed by atoms with E-state index < -0.39 is 0 Å². The van der Waals surface area contributed by atoms with Crippen LogP contribution in [0.25, 0.3) is 17.2 Å². The molecule has 0 heterocycles. The Morgan fingerprint density at radius 1 is 0.889 bits per heavy atom. The molecule has 3 rings (SSSR count). The van der Waals surface area contributed by atoms with E-state index in [0.29, 0.717) is 22.6 Å². The fourth-order valence-electron chi connectivity index (χ4n) is 2.77. The van der Waals surface area contributed by atoms with Gasteiger partial charge in [-0.05, 0) is 35.4 Å². The SMILES string of the molecule is COc1cc(OC)c(-c2ccc(F)cc2)cc1C(=O)/C=C/c1ccccc1. The minimum Gasteiger partial charge on any atom is -0.496 e. The van der Waals surface area contributed by atoms with Gasteiger partial charge in [-0.2, -0.15) is 0 Å². The van der Waals surface area contributed by atoms with Gasteiger partial charge in [0.25, 0.3) is 0 Å². The zero-order valence-electron chi connectivity index (χ0n) is 15.1. The Hall–Kier alpha value is -3.40. The van der Waals surface area contributed by atoms with Crippen LogP contribution >= 0.6 is 0 Å². The van der Waals surface area contributed by atoms with Gasteiger partial charge < -0.3 is 9.47 Å². The van der Waals surface area contributed by atoms with Gasteiger partial charge in [-0.3, -0.25) is 4.79 Å². The molecule has 0 N–H and O–H groups in total. The van der Waals surface area contributed by atoms with Crippen LogP contribution in [0.4, 0.5) is 4.39 Å². The van der Waals surface area contributed by atoms with Crippen LogP contribution in [-0.4, -0.2) is 20.0 Å². The summed E-state index contributed by atoms with van der Waals surface area (Å²) in [6.45, 7) is 0. The van der Waals surface area contributed by atoms with Gasteiger partial charge in [0, 0.05) is 11.6 Å². The first-order valence-corrected chi connectivity index (χ1v) is 8.42. The molecule has 27 heavy (non-hydrogen) atoms. The zero-order valence-corrected chi connectivity index (χ0v) is 15.1. The van der Waals surface area contributed by atoms with Crippen LogP contribution < -0.4 is 9.47 Å². The normalized spacial score (nSPS) is 10.8. The Morgan fingerprint density at radius 3 is 2.19 bits per heavy atom. The molecule has 4 heteroatoms. The first kappa shape index (κ1) is 18.4. The molecule has 0 fully saturated rings. The predicted octanol–water partition coefficient (Wildman–Crippen LogP) is 5.41. The minimum absolute atomic E-state index is 0.193. The van der Waals surface area contributed by atoms with E-state index in [1.54, 1.807) is 37.5 Å². The number of halogens is 1. The quantitative estimate of drug-likeness (QED) is 0.435. The third kappa shape index (κ3) is 4.23. The van der Waals surface area contributed by atoms with Crippen LogP contribution in [0.5, 0.6) is 11.5 Å². The lowest BCUT2D eigenvalue weighted by molar-refractivity contribution is 0.104. The standard InChI is InChI=1S/C23H19FO3/c1-26-22-15-23(27-2)20(14-19(22)17-9-11-18(24)12-10-17)21(25)13-8-16-6-4-3-5-7-16/h3-15H,1-2H3/b13-8+. The predicted molar refractivity (Wildman–Crippen MR) is 105 cm³/mol. The third-order valence-electron chi connectivity index (χ3n) is 4.17. The minimum atomic E-state index is -0.326. The second kappa shape index (κ2) is 8.32. The van der Waals surface area contributed by atoms with E-state index in [9.17, 15) is 9.18 Å². The molecule has 3 aromatic rings. The van der Waals surface area contributed by atoms with Crippen LogP contribution in [0, 0.1) is 5.82 Å². The van der Waals surface area contributed by atoms with E-state index in [1.165, 1.54) is 25.3 Å². The summed E-state index contributed by atoms with van der Waals surface area (Å²) in [5, 5.41) is 0. The van der Waals surface area contributed by atoms with Crippen LogP contribution in [0.15, 0.2) is 72.8 Å². The molecule has 0 spiro atoms. The number of benzene rings is 3. The first-order chi connectivity index (χ1) is 13.1. The average molecular weight is 362 g/mol. The van der Waals surface area contributed by atoms with Crippen LogP contribution in [0.3, 0.4) is 0 Å². The average Bonchev–Trinajstić information content (AvgIpc) is 2.72. The van der Waals surface area contributed by atoms with Gasteiger partial charge in [0.2, 0.25) is 0 Å². The molecule has 0 unspecified atom stereocenters. The molecule has 0 bridgehead atoms. The van der Waals surface area contributed by atoms with E-state index in [2.05, 4.69) is 0 Å². The van der Waals surface area contributed by atoms with E-state index in [-0.39, 0.29) is 11.6 Å². The van der Waals surface area contributed by atoms with Crippen molar-refractivity contribution in [1.82, 2.24) is 0 Å². The molecule has 0 aliphatic carbocycles. The van der Waals surface area contributed by atoms with Gasteiger partial charge in [-0.15, -0.1) is 0 Å². The summed E-state index contributed by atoms with van der Waals surface area (Å²) >= 11 is 0. The highest BCUT2D eigenvalue weighted by Crippen LogP contribution is 2.36. The second-order valence-electron chi connectivity index (χ2n) is 5.87. The molecule has 0 aliphatic heterocycles. The fraction of sp³-hybridized carbons (Fsp3) is 0.0870. The molecule has 0 saturated carbocycles. The number of carbonyl (C=O) groups is 1. The van der Waals surface area contributed by atoms with Crippen molar-refractivity contribution >= 4 is 11.9 Å². The third-order valence-corrected chi connectivity index (χ3v) is 4.17. The van der Waals surface area contributed by atoms with Crippen molar-refractivity contribution in [2.45, 2.75) is 0 Å². The lowest BCUT2D eigenvalue weighted by Gasteiger charge is -2.14. The highest BCUT2D eigenvalue weighted by atomic mass is 19.1. The van der Waals surface area contributed by atoms with Crippen LogP contribution in [0.1, 0.15) is 15.9 Å². The highest BCUT2D eigenvalue weighted by Gasteiger charge is 2.16. The molecular weight excluding hydrogens is 343 g/mol. The summed E-state index contributed by atoms with van der Waals surface area (Å²) in [4.78, 5) is 12.8.